The van der Waals surface area contributed by atoms with Gasteiger partial charge in [-0.15, -0.1) is 0 Å². The molecule has 118 valence electrons. The van der Waals surface area contributed by atoms with E-state index < -0.39 is 0 Å². The Hall–Kier alpha value is -1.61. The molecule has 22 heavy (non-hydrogen) atoms. The molecule has 3 nitrogen and oxygen atoms in total. The third-order valence-corrected chi connectivity index (χ3v) is 5.39. The molecule has 0 unspecified atom stereocenters. The van der Waals surface area contributed by atoms with Gasteiger partial charge in [0.05, 0.1) is 6.10 Å². The van der Waals surface area contributed by atoms with Gasteiger partial charge in [0.1, 0.15) is 0 Å². The molecule has 1 amide bonds. The molecule has 3 atom stereocenters. The van der Waals surface area contributed by atoms with E-state index in [1.807, 2.05) is 36.4 Å². The molecule has 0 bridgehead atoms. The largest absolute Gasteiger partial charge is 0.381 e. The number of carbonyl (C=O) groups excluding carboxylic acids is 1. The van der Waals surface area contributed by atoms with Crippen molar-refractivity contribution in [2.24, 2.45) is 5.41 Å². The fourth-order valence-electron chi connectivity index (χ4n) is 4.08. The number of rotatable bonds is 3. The fraction of sp³-hybridized carbons (Fsp3) is 0.526. The highest BCUT2D eigenvalue weighted by atomic mass is 16.5. The zero-order valence-corrected chi connectivity index (χ0v) is 13.5. The average Bonchev–Trinajstić information content (AvgIpc) is 2.90. The minimum atomic E-state index is 0.147. The Kier molecular flexibility index (Phi) is 4.34. The van der Waals surface area contributed by atoms with Crippen LogP contribution >= 0.6 is 0 Å². The lowest BCUT2D eigenvalue weighted by Gasteiger charge is -2.42. The van der Waals surface area contributed by atoms with Gasteiger partial charge in [-0.05, 0) is 42.7 Å². The quantitative estimate of drug-likeness (QED) is 0.799. The van der Waals surface area contributed by atoms with Crippen molar-refractivity contribution in [3.8, 4) is 0 Å². The Labute approximate surface area is 133 Å². The molecule has 1 aliphatic heterocycles. The molecule has 3 rings (SSSR count). The molecule has 2 fully saturated rings. The maximum atomic E-state index is 12.6. The molecule has 1 heterocycles. The minimum Gasteiger partial charge on any atom is -0.381 e. The van der Waals surface area contributed by atoms with Crippen molar-refractivity contribution in [1.82, 2.24) is 4.90 Å². The predicted octanol–water partition coefficient (Wildman–Crippen LogP) is 3.51. The molecule has 0 N–H and O–H groups in total. The minimum absolute atomic E-state index is 0.147. The van der Waals surface area contributed by atoms with E-state index in [4.69, 9.17) is 4.74 Å². The van der Waals surface area contributed by atoms with Crippen LogP contribution in [0.3, 0.4) is 0 Å². The number of likely N-dealkylation sites (tertiary alicyclic amines) is 1. The van der Waals surface area contributed by atoms with E-state index in [0.717, 1.165) is 37.8 Å². The van der Waals surface area contributed by atoms with Crippen molar-refractivity contribution in [2.75, 3.05) is 13.7 Å². The zero-order valence-electron chi connectivity index (χ0n) is 13.5. The zero-order chi connectivity index (χ0) is 15.6. The topological polar surface area (TPSA) is 29.5 Å². The Morgan fingerprint density at radius 3 is 2.82 bits per heavy atom. The van der Waals surface area contributed by atoms with Crippen LogP contribution in [0.4, 0.5) is 0 Å². The van der Waals surface area contributed by atoms with Crippen LogP contribution in [0.2, 0.25) is 0 Å². The lowest BCUT2D eigenvalue weighted by Crippen LogP contribution is -2.46. The number of amides is 1. The van der Waals surface area contributed by atoms with Crippen molar-refractivity contribution >= 4 is 12.0 Å². The summed E-state index contributed by atoms with van der Waals surface area (Å²) < 4.78 is 5.55. The number of hydrogen-bond donors (Lipinski definition) is 0. The van der Waals surface area contributed by atoms with Crippen molar-refractivity contribution < 1.29 is 9.53 Å². The number of nitrogens with zero attached hydrogens (tertiary/aromatic N) is 1. The SMILES string of the molecule is CO[C@@H]1CC[C@H]2N(C(=O)/C=C/c3ccccc3)CC[C@@]2(C)C1. The van der Waals surface area contributed by atoms with E-state index in [1.54, 1.807) is 13.2 Å². The molecule has 1 saturated heterocycles. The summed E-state index contributed by atoms with van der Waals surface area (Å²) >= 11 is 0. The summed E-state index contributed by atoms with van der Waals surface area (Å²) in [6, 6.07) is 10.4. The molecule has 0 spiro atoms. The molecule has 3 heteroatoms. The molecule has 1 saturated carbocycles. The molecule has 1 aromatic carbocycles. The molecular weight excluding hydrogens is 274 g/mol. The van der Waals surface area contributed by atoms with Gasteiger partial charge in [-0.2, -0.15) is 0 Å². The number of ether oxygens (including phenoxy) is 1. The summed E-state index contributed by atoms with van der Waals surface area (Å²) in [5.41, 5.74) is 1.29. The van der Waals surface area contributed by atoms with Gasteiger partial charge in [-0.3, -0.25) is 4.79 Å². The Morgan fingerprint density at radius 2 is 2.09 bits per heavy atom. The second-order valence-electron chi connectivity index (χ2n) is 6.83. The van der Waals surface area contributed by atoms with Gasteiger partial charge in [0.25, 0.3) is 0 Å². The van der Waals surface area contributed by atoms with Gasteiger partial charge in [0, 0.05) is 25.8 Å². The summed E-state index contributed by atoms with van der Waals surface area (Å²) in [6.45, 7) is 3.19. The summed E-state index contributed by atoms with van der Waals surface area (Å²) in [6.07, 6.45) is 8.27. The van der Waals surface area contributed by atoms with Crippen LogP contribution in [0.5, 0.6) is 0 Å². The van der Waals surface area contributed by atoms with E-state index in [0.29, 0.717) is 12.1 Å². The highest BCUT2D eigenvalue weighted by Gasteiger charge is 2.48. The first kappa shape index (κ1) is 15.3. The number of fused-ring (bicyclic) bond motifs is 1. The van der Waals surface area contributed by atoms with Crippen LogP contribution in [0.15, 0.2) is 36.4 Å². The summed E-state index contributed by atoms with van der Waals surface area (Å²) in [5, 5.41) is 0. The van der Waals surface area contributed by atoms with Gasteiger partial charge < -0.3 is 9.64 Å². The Morgan fingerprint density at radius 1 is 1.32 bits per heavy atom. The van der Waals surface area contributed by atoms with Crippen LogP contribution in [0.1, 0.15) is 38.2 Å². The van der Waals surface area contributed by atoms with Crippen LogP contribution in [0, 0.1) is 5.41 Å². The maximum Gasteiger partial charge on any atom is 0.246 e. The standard InChI is InChI=1S/C19H25NO2/c1-19-12-13-20(17(19)10-9-16(14-19)22-2)18(21)11-8-15-6-4-3-5-7-15/h3-8,11,16-17H,9-10,12-14H2,1-2H3/b11-8+/t16-,17-,19+/m1/s1. The van der Waals surface area contributed by atoms with Crippen LogP contribution < -0.4 is 0 Å². The second-order valence-corrected chi connectivity index (χ2v) is 6.83. The van der Waals surface area contributed by atoms with Gasteiger partial charge in [0.15, 0.2) is 0 Å². The smallest absolute Gasteiger partial charge is 0.246 e. The Balaban J connectivity index is 1.68. The summed E-state index contributed by atoms with van der Waals surface area (Å²) in [4.78, 5) is 14.6. The summed E-state index contributed by atoms with van der Waals surface area (Å²) in [5.74, 6) is 0.147. The van der Waals surface area contributed by atoms with Crippen LogP contribution in [-0.2, 0) is 9.53 Å². The first-order chi connectivity index (χ1) is 10.6. The maximum absolute atomic E-state index is 12.6. The highest BCUT2D eigenvalue weighted by molar-refractivity contribution is 5.92. The molecule has 1 aromatic rings. The number of methoxy groups -OCH3 is 1. The normalized spacial score (nSPS) is 31.5. The first-order valence-electron chi connectivity index (χ1n) is 8.19. The lowest BCUT2D eigenvalue weighted by molar-refractivity contribution is -0.129. The highest BCUT2D eigenvalue weighted by Crippen LogP contribution is 2.47. The van der Waals surface area contributed by atoms with Gasteiger partial charge in [-0.1, -0.05) is 37.3 Å². The fourth-order valence-corrected chi connectivity index (χ4v) is 4.08. The van der Waals surface area contributed by atoms with Crippen molar-refractivity contribution in [3.63, 3.8) is 0 Å². The number of benzene rings is 1. The molecule has 2 aliphatic rings. The van der Waals surface area contributed by atoms with E-state index in [-0.39, 0.29) is 11.3 Å². The van der Waals surface area contributed by atoms with E-state index in [9.17, 15) is 4.79 Å². The molecular formula is C19H25NO2. The predicted molar refractivity (Wildman–Crippen MR) is 88.3 cm³/mol. The number of hydrogen-bond acceptors (Lipinski definition) is 2. The van der Waals surface area contributed by atoms with Gasteiger partial charge >= 0.3 is 0 Å². The molecule has 0 aromatic heterocycles. The third kappa shape index (κ3) is 2.95. The van der Waals surface area contributed by atoms with Gasteiger partial charge in [0.2, 0.25) is 5.91 Å². The molecule has 1 aliphatic carbocycles. The van der Waals surface area contributed by atoms with Crippen LogP contribution in [0.25, 0.3) is 6.08 Å². The third-order valence-electron chi connectivity index (χ3n) is 5.39. The van der Waals surface area contributed by atoms with Gasteiger partial charge in [-0.25, -0.2) is 0 Å². The number of carbonyl (C=O) groups is 1. The monoisotopic (exact) mass is 299 g/mol. The summed E-state index contributed by atoms with van der Waals surface area (Å²) in [7, 11) is 1.80. The van der Waals surface area contributed by atoms with E-state index in [2.05, 4.69) is 11.8 Å². The Bertz CT molecular complexity index is 554. The van der Waals surface area contributed by atoms with Crippen molar-refractivity contribution in [2.45, 2.75) is 44.8 Å². The van der Waals surface area contributed by atoms with E-state index in [1.165, 1.54) is 0 Å². The van der Waals surface area contributed by atoms with Crippen molar-refractivity contribution in [3.05, 3.63) is 42.0 Å². The van der Waals surface area contributed by atoms with E-state index >= 15 is 0 Å². The van der Waals surface area contributed by atoms with Crippen molar-refractivity contribution in [1.29, 1.82) is 0 Å². The average molecular weight is 299 g/mol. The molecule has 0 radical (unpaired) electrons. The first-order valence-corrected chi connectivity index (χ1v) is 8.19. The lowest BCUT2D eigenvalue weighted by atomic mass is 9.71. The van der Waals surface area contributed by atoms with Crippen LogP contribution in [-0.4, -0.2) is 36.6 Å². The second kappa shape index (κ2) is 6.25.